The lowest BCUT2D eigenvalue weighted by molar-refractivity contribution is 0.198. The number of hydrogen-bond donors (Lipinski definition) is 1. The minimum Gasteiger partial charge on any atom is -0.381 e. The predicted molar refractivity (Wildman–Crippen MR) is 89.8 cm³/mol. The molecule has 1 aliphatic rings. The number of likely N-dealkylation sites (tertiary alicyclic amines) is 1. The number of halogens is 2. The van der Waals surface area contributed by atoms with Gasteiger partial charge < -0.3 is 10.2 Å². The molecule has 0 unspecified atom stereocenters. The van der Waals surface area contributed by atoms with Crippen LogP contribution < -0.4 is 5.32 Å². The van der Waals surface area contributed by atoms with Crippen molar-refractivity contribution in [3.63, 3.8) is 0 Å². The van der Waals surface area contributed by atoms with E-state index in [2.05, 4.69) is 74.1 Å². The number of nitrogens with zero attached hydrogens (tertiary/aromatic N) is 1. The molecule has 0 bridgehead atoms. The molecule has 1 saturated heterocycles. The van der Waals surface area contributed by atoms with Gasteiger partial charge in [0.15, 0.2) is 0 Å². The van der Waals surface area contributed by atoms with Gasteiger partial charge in [0.05, 0.1) is 0 Å². The Balaban J connectivity index is 1.85. The first-order valence-electron chi connectivity index (χ1n) is 6.98. The summed E-state index contributed by atoms with van der Waals surface area (Å²) in [7, 11) is 0. The lowest BCUT2D eigenvalue weighted by atomic mass is 10.0. The van der Waals surface area contributed by atoms with E-state index in [1.54, 1.807) is 0 Å². The van der Waals surface area contributed by atoms with Crippen LogP contribution in [0.1, 0.15) is 26.7 Å². The van der Waals surface area contributed by atoms with Gasteiger partial charge in [-0.25, -0.2) is 0 Å². The van der Waals surface area contributed by atoms with Crippen LogP contribution >= 0.6 is 31.9 Å². The zero-order chi connectivity index (χ0) is 13.8. The fourth-order valence-electron chi connectivity index (χ4n) is 2.60. The maximum absolute atomic E-state index is 3.66. The Morgan fingerprint density at radius 1 is 1.26 bits per heavy atom. The van der Waals surface area contributed by atoms with Crippen LogP contribution in [0.5, 0.6) is 0 Å². The molecule has 0 saturated carbocycles. The minimum absolute atomic E-state index is 0.598. The topological polar surface area (TPSA) is 15.3 Å². The van der Waals surface area contributed by atoms with E-state index >= 15 is 0 Å². The molecule has 1 aromatic carbocycles. The van der Waals surface area contributed by atoms with Crippen LogP contribution in [-0.2, 0) is 0 Å². The number of hydrogen-bond acceptors (Lipinski definition) is 2. The maximum Gasteiger partial charge on any atom is 0.0487 e. The zero-order valence-electron chi connectivity index (χ0n) is 11.6. The van der Waals surface area contributed by atoms with Gasteiger partial charge in [-0.15, -0.1) is 0 Å². The largest absolute Gasteiger partial charge is 0.381 e. The summed E-state index contributed by atoms with van der Waals surface area (Å²) < 4.78 is 2.24. The summed E-state index contributed by atoms with van der Waals surface area (Å²) in [5.74, 6) is 0.769. The SMILES string of the molecule is CC(C)CN1CCC(Nc2ccc(Br)cc2Br)CC1. The Morgan fingerprint density at radius 3 is 2.53 bits per heavy atom. The first kappa shape index (κ1) is 15.3. The van der Waals surface area contributed by atoms with Gasteiger partial charge in [-0.2, -0.15) is 0 Å². The summed E-state index contributed by atoms with van der Waals surface area (Å²) in [6.45, 7) is 8.25. The fraction of sp³-hybridized carbons (Fsp3) is 0.600. The highest BCUT2D eigenvalue weighted by Crippen LogP contribution is 2.28. The van der Waals surface area contributed by atoms with E-state index in [9.17, 15) is 0 Å². The van der Waals surface area contributed by atoms with Crippen molar-refractivity contribution in [3.05, 3.63) is 27.1 Å². The van der Waals surface area contributed by atoms with Gasteiger partial charge in [-0.05, 0) is 52.9 Å². The van der Waals surface area contributed by atoms with E-state index in [0.717, 1.165) is 14.9 Å². The van der Waals surface area contributed by atoms with Gasteiger partial charge in [0.2, 0.25) is 0 Å². The summed E-state index contributed by atoms with van der Waals surface area (Å²) >= 11 is 7.10. The Kier molecular flexibility index (Phi) is 5.72. The third-order valence-corrected chi connectivity index (χ3v) is 4.65. The Bertz CT molecular complexity index is 413. The molecule has 1 heterocycles. The highest BCUT2D eigenvalue weighted by molar-refractivity contribution is 9.11. The quantitative estimate of drug-likeness (QED) is 0.799. The lowest BCUT2D eigenvalue weighted by Gasteiger charge is -2.34. The molecule has 0 radical (unpaired) electrons. The summed E-state index contributed by atoms with van der Waals surface area (Å²) in [6, 6.07) is 6.91. The third-order valence-electron chi connectivity index (χ3n) is 3.50. The molecule has 1 aliphatic heterocycles. The molecule has 0 aliphatic carbocycles. The van der Waals surface area contributed by atoms with Gasteiger partial charge in [0.25, 0.3) is 0 Å². The van der Waals surface area contributed by atoms with Crippen LogP contribution in [0.3, 0.4) is 0 Å². The monoisotopic (exact) mass is 388 g/mol. The summed E-state index contributed by atoms with van der Waals surface area (Å²) in [4.78, 5) is 2.58. The van der Waals surface area contributed by atoms with E-state index in [4.69, 9.17) is 0 Å². The van der Waals surface area contributed by atoms with Crippen molar-refractivity contribution >= 4 is 37.5 Å². The van der Waals surface area contributed by atoms with Gasteiger partial charge >= 0.3 is 0 Å². The molecule has 1 N–H and O–H groups in total. The van der Waals surface area contributed by atoms with Crippen LogP contribution in [0, 0.1) is 5.92 Å². The Labute approximate surface area is 133 Å². The van der Waals surface area contributed by atoms with Gasteiger partial charge in [0, 0.05) is 40.3 Å². The molecule has 0 spiro atoms. The normalized spacial score (nSPS) is 17.9. The van der Waals surface area contributed by atoms with Crippen molar-refractivity contribution in [2.24, 2.45) is 5.92 Å². The van der Waals surface area contributed by atoms with Crippen molar-refractivity contribution in [1.82, 2.24) is 4.90 Å². The minimum atomic E-state index is 0.598. The number of rotatable bonds is 4. The van der Waals surface area contributed by atoms with Crippen LogP contribution in [0.15, 0.2) is 27.1 Å². The third kappa shape index (κ3) is 4.76. The van der Waals surface area contributed by atoms with Gasteiger partial charge in [-0.1, -0.05) is 29.8 Å². The smallest absolute Gasteiger partial charge is 0.0487 e. The molecule has 106 valence electrons. The maximum atomic E-state index is 3.66. The second-order valence-corrected chi connectivity index (χ2v) is 7.51. The first-order chi connectivity index (χ1) is 9.04. The van der Waals surface area contributed by atoms with Crippen molar-refractivity contribution in [1.29, 1.82) is 0 Å². The fourth-order valence-corrected chi connectivity index (χ4v) is 3.76. The van der Waals surface area contributed by atoms with E-state index in [-0.39, 0.29) is 0 Å². The van der Waals surface area contributed by atoms with Crippen LogP contribution in [0.25, 0.3) is 0 Å². The highest BCUT2D eigenvalue weighted by atomic mass is 79.9. The molecule has 19 heavy (non-hydrogen) atoms. The second-order valence-electron chi connectivity index (χ2n) is 5.74. The van der Waals surface area contributed by atoms with Gasteiger partial charge in [-0.3, -0.25) is 0 Å². The average Bonchev–Trinajstić information content (AvgIpc) is 2.34. The van der Waals surface area contributed by atoms with Crippen molar-refractivity contribution in [2.45, 2.75) is 32.7 Å². The average molecular weight is 390 g/mol. The van der Waals surface area contributed by atoms with E-state index in [1.807, 2.05) is 0 Å². The van der Waals surface area contributed by atoms with E-state index in [1.165, 1.54) is 38.2 Å². The summed E-state index contributed by atoms with van der Waals surface area (Å²) in [5, 5.41) is 3.66. The zero-order valence-corrected chi connectivity index (χ0v) is 14.8. The van der Waals surface area contributed by atoms with Crippen molar-refractivity contribution in [2.75, 3.05) is 25.0 Å². The van der Waals surface area contributed by atoms with Crippen molar-refractivity contribution in [3.8, 4) is 0 Å². The van der Waals surface area contributed by atoms with E-state index in [0.29, 0.717) is 6.04 Å². The standard InChI is InChI=1S/C15H22Br2N2/c1-11(2)10-19-7-5-13(6-8-19)18-15-4-3-12(16)9-14(15)17/h3-4,9,11,13,18H,5-8,10H2,1-2H3. The molecule has 0 aromatic heterocycles. The lowest BCUT2D eigenvalue weighted by Crippen LogP contribution is -2.40. The number of piperidine rings is 1. The van der Waals surface area contributed by atoms with Crippen LogP contribution in [-0.4, -0.2) is 30.6 Å². The molecule has 0 amide bonds. The molecule has 1 fully saturated rings. The molecule has 2 rings (SSSR count). The van der Waals surface area contributed by atoms with E-state index < -0.39 is 0 Å². The number of anilines is 1. The molecule has 1 aromatic rings. The molecule has 2 nitrogen and oxygen atoms in total. The first-order valence-corrected chi connectivity index (χ1v) is 8.57. The molecular formula is C15H22Br2N2. The van der Waals surface area contributed by atoms with Crippen molar-refractivity contribution < 1.29 is 0 Å². The van der Waals surface area contributed by atoms with Crippen LogP contribution in [0.4, 0.5) is 5.69 Å². The van der Waals surface area contributed by atoms with Gasteiger partial charge in [0.1, 0.15) is 0 Å². The molecule has 0 atom stereocenters. The Hall–Kier alpha value is -0.0600. The number of nitrogens with one attached hydrogen (secondary N) is 1. The highest BCUT2D eigenvalue weighted by Gasteiger charge is 2.19. The Morgan fingerprint density at radius 2 is 1.95 bits per heavy atom. The summed E-state index contributed by atoms with van der Waals surface area (Å²) in [5.41, 5.74) is 1.20. The molecular weight excluding hydrogens is 368 g/mol. The van der Waals surface area contributed by atoms with Crippen LogP contribution in [0.2, 0.25) is 0 Å². The second kappa shape index (κ2) is 7.09. The summed E-state index contributed by atoms with van der Waals surface area (Å²) in [6.07, 6.45) is 2.46. The number of benzene rings is 1. The predicted octanol–water partition coefficient (Wildman–Crippen LogP) is 4.74. The molecule has 4 heteroatoms.